The average molecular weight is 474 g/mol. The van der Waals surface area contributed by atoms with Gasteiger partial charge in [-0.15, -0.1) is 0 Å². The highest BCUT2D eigenvalue weighted by Gasteiger charge is 2.33. The Morgan fingerprint density at radius 2 is 1.86 bits per heavy atom. The molecule has 1 aliphatic rings. The van der Waals surface area contributed by atoms with Gasteiger partial charge in [-0.25, -0.2) is 13.1 Å². The van der Waals surface area contributed by atoms with Crippen LogP contribution in [0.2, 0.25) is 0 Å². The second-order valence-electron chi connectivity index (χ2n) is 7.03. The van der Waals surface area contributed by atoms with Crippen molar-refractivity contribution < 1.29 is 17.9 Å². The number of rotatable bonds is 4. The van der Waals surface area contributed by atoms with E-state index < -0.39 is 21.8 Å². The predicted octanol–water partition coefficient (Wildman–Crippen LogP) is 4.54. The third-order valence-electron chi connectivity index (χ3n) is 5.34. The van der Waals surface area contributed by atoms with E-state index in [0.717, 1.165) is 39.6 Å². The van der Waals surface area contributed by atoms with Crippen LogP contribution in [-0.2, 0) is 21.2 Å². The molecule has 0 spiro atoms. The normalized spacial score (nSPS) is 16.3. The molecule has 0 saturated heterocycles. The van der Waals surface area contributed by atoms with E-state index in [9.17, 15) is 13.2 Å². The second kappa shape index (κ2) is 7.80. The van der Waals surface area contributed by atoms with Gasteiger partial charge in [-0.05, 0) is 54.0 Å². The second-order valence-corrected chi connectivity index (χ2v) is 9.54. The molecular formula is C22H20BrNO4S. The number of fused-ring (bicyclic) bond motifs is 2. The van der Waals surface area contributed by atoms with E-state index >= 15 is 0 Å². The zero-order chi connectivity index (χ0) is 20.6. The molecule has 0 bridgehead atoms. The van der Waals surface area contributed by atoms with Gasteiger partial charge in [-0.1, -0.05) is 52.3 Å². The lowest BCUT2D eigenvalue weighted by molar-refractivity contribution is -0.121. The Kier molecular flexibility index (Phi) is 5.36. The SMILES string of the molecule is COc1ccc(Br)c2c1CCC[C@@H]2C(=O)NS(=O)(=O)c1cccc2ccccc12. The number of halogens is 1. The summed E-state index contributed by atoms with van der Waals surface area (Å²) in [6.45, 7) is 0. The first-order chi connectivity index (χ1) is 13.9. The molecule has 0 aromatic heterocycles. The Hall–Kier alpha value is -2.38. The van der Waals surface area contributed by atoms with Gasteiger partial charge >= 0.3 is 0 Å². The summed E-state index contributed by atoms with van der Waals surface area (Å²) in [6.07, 6.45) is 2.15. The number of sulfonamides is 1. The minimum atomic E-state index is -4.01. The fraction of sp³-hybridized carbons (Fsp3) is 0.227. The Morgan fingerprint density at radius 3 is 2.66 bits per heavy atom. The molecule has 7 heteroatoms. The lowest BCUT2D eigenvalue weighted by Gasteiger charge is -2.27. The lowest BCUT2D eigenvalue weighted by Crippen LogP contribution is -2.36. The molecule has 29 heavy (non-hydrogen) atoms. The Labute approximate surface area is 178 Å². The third-order valence-corrected chi connectivity index (χ3v) is 7.44. The molecule has 0 aliphatic heterocycles. The molecule has 5 nitrogen and oxygen atoms in total. The first-order valence-electron chi connectivity index (χ1n) is 9.32. The fourth-order valence-corrected chi connectivity index (χ4v) is 5.92. The molecule has 0 radical (unpaired) electrons. The first-order valence-corrected chi connectivity index (χ1v) is 11.6. The highest BCUT2D eigenvalue weighted by molar-refractivity contribution is 9.10. The molecule has 4 rings (SSSR count). The van der Waals surface area contributed by atoms with Crippen LogP contribution in [0.1, 0.15) is 29.9 Å². The van der Waals surface area contributed by atoms with E-state index in [4.69, 9.17) is 4.74 Å². The summed E-state index contributed by atoms with van der Waals surface area (Å²) in [5.74, 6) is -0.363. The van der Waals surface area contributed by atoms with Crippen LogP contribution in [0, 0.1) is 0 Å². The summed E-state index contributed by atoms with van der Waals surface area (Å²) in [5, 5.41) is 1.39. The van der Waals surface area contributed by atoms with Crippen LogP contribution in [-0.4, -0.2) is 21.4 Å². The van der Waals surface area contributed by atoms with Crippen molar-refractivity contribution in [2.75, 3.05) is 7.11 Å². The summed E-state index contributed by atoms with van der Waals surface area (Å²) < 4.78 is 34.6. The van der Waals surface area contributed by atoms with Crippen LogP contribution in [0.15, 0.2) is 64.0 Å². The van der Waals surface area contributed by atoms with E-state index in [-0.39, 0.29) is 4.90 Å². The van der Waals surface area contributed by atoms with Gasteiger partial charge in [0.15, 0.2) is 0 Å². The highest BCUT2D eigenvalue weighted by atomic mass is 79.9. The summed E-state index contributed by atoms with van der Waals surface area (Å²) in [7, 11) is -2.42. The van der Waals surface area contributed by atoms with E-state index in [1.54, 1.807) is 25.3 Å². The van der Waals surface area contributed by atoms with Crippen LogP contribution in [0.5, 0.6) is 5.75 Å². The van der Waals surface area contributed by atoms with Crippen molar-refractivity contribution in [3.05, 3.63) is 70.2 Å². The quantitative estimate of drug-likeness (QED) is 0.603. The number of carbonyl (C=O) groups excluding carboxylic acids is 1. The van der Waals surface area contributed by atoms with Crippen molar-refractivity contribution in [2.45, 2.75) is 30.1 Å². The Morgan fingerprint density at radius 1 is 1.10 bits per heavy atom. The fourth-order valence-electron chi connectivity index (χ4n) is 4.02. The molecular weight excluding hydrogens is 454 g/mol. The van der Waals surface area contributed by atoms with E-state index in [1.165, 1.54) is 6.07 Å². The molecule has 0 saturated carbocycles. The van der Waals surface area contributed by atoms with Crippen molar-refractivity contribution >= 4 is 42.6 Å². The van der Waals surface area contributed by atoms with Crippen LogP contribution in [0.3, 0.4) is 0 Å². The third kappa shape index (κ3) is 3.65. The van der Waals surface area contributed by atoms with Gasteiger partial charge < -0.3 is 4.74 Å². The monoisotopic (exact) mass is 473 g/mol. The van der Waals surface area contributed by atoms with E-state index in [1.807, 2.05) is 30.3 Å². The van der Waals surface area contributed by atoms with E-state index in [2.05, 4.69) is 20.7 Å². The zero-order valence-electron chi connectivity index (χ0n) is 15.8. The van der Waals surface area contributed by atoms with E-state index in [0.29, 0.717) is 11.8 Å². The van der Waals surface area contributed by atoms with Crippen LogP contribution in [0.25, 0.3) is 10.8 Å². The number of nitrogens with one attached hydrogen (secondary N) is 1. The summed E-state index contributed by atoms with van der Waals surface area (Å²) in [4.78, 5) is 13.2. The molecule has 1 atom stereocenters. The van der Waals surface area contributed by atoms with Gasteiger partial charge in [0.2, 0.25) is 5.91 Å². The largest absolute Gasteiger partial charge is 0.496 e. The van der Waals surface area contributed by atoms with Gasteiger partial charge in [-0.2, -0.15) is 0 Å². The molecule has 1 aliphatic carbocycles. The van der Waals surface area contributed by atoms with Crippen LogP contribution in [0.4, 0.5) is 0 Å². The topological polar surface area (TPSA) is 72.5 Å². The van der Waals surface area contributed by atoms with Crippen molar-refractivity contribution in [3.63, 3.8) is 0 Å². The number of benzene rings is 3. The van der Waals surface area contributed by atoms with Gasteiger partial charge in [0.1, 0.15) is 5.75 Å². The van der Waals surface area contributed by atoms with Gasteiger partial charge in [0.25, 0.3) is 10.0 Å². The zero-order valence-corrected chi connectivity index (χ0v) is 18.2. The van der Waals surface area contributed by atoms with Crippen molar-refractivity contribution in [1.29, 1.82) is 0 Å². The summed E-state index contributed by atoms with van der Waals surface area (Å²) in [6, 6.07) is 16.0. The number of ether oxygens (including phenoxy) is 1. The Balaban J connectivity index is 1.71. The van der Waals surface area contributed by atoms with Gasteiger partial charge in [-0.3, -0.25) is 4.79 Å². The first kappa shape index (κ1) is 19.9. The maximum Gasteiger partial charge on any atom is 0.264 e. The van der Waals surface area contributed by atoms with Crippen molar-refractivity contribution in [1.82, 2.24) is 4.72 Å². The molecule has 0 unspecified atom stereocenters. The van der Waals surface area contributed by atoms with Gasteiger partial charge in [0.05, 0.1) is 17.9 Å². The molecule has 1 amide bonds. The molecule has 150 valence electrons. The smallest absolute Gasteiger partial charge is 0.264 e. The maximum absolute atomic E-state index is 13.1. The van der Waals surface area contributed by atoms with Crippen molar-refractivity contribution in [2.24, 2.45) is 0 Å². The number of methoxy groups -OCH3 is 1. The lowest BCUT2D eigenvalue weighted by atomic mass is 9.82. The van der Waals surface area contributed by atoms with Crippen LogP contribution >= 0.6 is 15.9 Å². The molecule has 3 aromatic rings. The molecule has 3 aromatic carbocycles. The van der Waals surface area contributed by atoms with Gasteiger partial charge in [0, 0.05) is 9.86 Å². The predicted molar refractivity (Wildman–Crippen MR) is 116 cm³/mol. The number of hydrogen-bond acceptors (Lipinski definition) is 4. The minimum absolute atomic E-state index is 0.102. The molecule has 1 N–H and O–H groups in total. The van der Waals surface area contributed by atoms with Crippen LogP contribution < -0.4 is 9.46 Å². The minimum Gasteiger partial charge on any atom is -0.496 e. The summed E-state index contributed by atoms with van der Waals surface area (Å²) >= 11 is 3.53. The molecule has 0 heterocycles. The Bertz CT molecular complexity index is 1200. The number of amides is 1. The standard InChI is InChI=1S/C22H20BrNO4S/c1-28-19-13-12-18(23)21-16(19)9-5-10-17(21)22(25)24-29(26,27)20-11-4-7-14-6-2-3-8-15(14)20/h2-4,6-8,11-13,17H,5,9-10H2,1H3,(H,24,25)/t17-/m0/s1. The average Bonchev–Trinajstić information content (AvgIpc) is 2.73. The summed E-state index contributed by atoms with van der Waals surface area (Å²) in [5.41, 5.74) is 1.76. The molecule has 0 fully saturated rings. The number of hydrogen-bond donors (Lipinski definition) is 1. The maximum atomic E-state index is 13.1. The van der Waals surface area contributed by atoms with Crippen molar-refractivity contribution in [3.8, 4) is 5.75 Å². The number of carbonyl (C=O) groups is 1. The highest BCUT2D eigenvalue weighted by Crippen LogP contribution is 2.41.